The third kappa shape index (κ3) is 3.57. The molecule has 1 fully saturated rings. The van der Waals surface area contributed by atoms with Crippen molar-refractivity contribution in [2.75, 3.05) is 20.2 Å². The highest BCUT2D eigenvalue weighted by atomic mass is 16.5. The van der Waals surface area contributed by atoms with Crippen molar-refractivity contribution in [3.8, 4) is 5.75 Å². The molecule has 2 unspecified atom stereocenters. The summed E-state index contributed by atoms with van der Waals surface area (Å²) < 4.78 is 5.25. The van der Waals surface area contributed by atoms with Crippen LogP contribution in [0.4, 0.5) is 0 Å². The number of carboxylic acids is 1. The molecule has 0 radical (unpaired) electrons. The molecule has 0 bridgehead atoms. The molecule has 0 spiro atoms. The number of likely N-dealkylation sites (tertiary alicyclic amines) is 1. The minimum absolute atomic E-state index is 0.0288. The van der Waals surface area contributed by atoms with Gasteiger partial charge in [-0.2, -0.15) is 0 Å². The Morgan fingerprint density at radius 3 is 2.50 bits per heavy atom. The van der Waals surface area contributed by atoms with E-state index in [1.54, 1.807) is 19.5 Å². The quantitative estimate of drug-likeness (QED) is 0.915. The first-order valence-corrected chi connectivity index (χ1v) is 8.20. The molecule has 0 amide bonds. The van der Waals surface area contributed by atoms with E-state index in [-0.39, 0.29) is 12.0 Å². The molecular formula is C19H22N2O3. The number of pyridine rings is 1. The minimum Gasteiger partial charge on any atom is -0.497 e. The van der Waals surface area contributed by atoms with Crippen LogP contribution < -0.4 is 4.74 Å². The lowest BCUT2D eigenvalue weighted by molar-refractivity contribution is -0.143. The maximum Gasteiger partial charge on any atom is 0.307 e. The molecule has 0 saturated carbocycles. The van der Waals surface area contributed by atoms with Gasteiger partial charge in [0.2, 0.25) is 0 Å². The van der Waals surface area contributed by atoms with Gasteiger partial charge in [0.25, 0.3) is 0 Å². The smallest absolute Gasteiger partial charge is 0.307 e. The summed E-state index contributed by atoms with van der Waals surface area (Å²) in [4.78, 5) is 17.8. The van der Waals surface area contributed by atoms with E-state index in [0.29, 0.717) is 6.54 Å². The molecular weight excluding hydrogens is 304 g/mol. The van der Waals surface area contributed by atoms with E-state index in [0.717, 1.165) is 36.3 Å². The van der Waals surface area contributed by atoms with E-state index in [1.165, 1.54) is 0 Å². The van der Waals surface area contributed by atoms with Gasteiger partial charge in [0, 0.05) is 18.9 Å². The molecule has 0 aliphatic carbocycles. The van der Waals surface area contributed by atoms with Crippen molar-refractivity contribution in [2.45, 2.75) is 18.9 Å². The van der Waals surface area contributed by atoms with Crippen LogP contribution in [0.5, 0.6) is 5.75 Å². The highest BCUT2D eigenvalue weighted by molar-refractivity contribution is 5.70. The SMILES string of the molecule is COc1ccc(C(c2ccncc2)N2CCCC(C(=O)O)C2)cc1. The van der Waals surface area contributed by atoms with Crippen molar-refractivity contribution in [2.24, 2.45) is 5.92 Å². The van der Waals surface area contributed by atoms with Crippen LogP contribution in [-0.4, -0.2) is 41.2 Å². The lowest BCUT2D eigenvalue weighted by Gasteiger charge is -2.37. The second-order valence-electron chi connectivity index (χ2n) is 6.13. The van der Waals surface area contributed by atoms with E-state index in [2.05, 4.69) is 9.88 Å². The fourth-order valence-corrected chi connectivity index (χ4v) is 3.39. The van der Waals surface area contributed by atoms with Gasteiger partial charge in [-0.15, -0.1) is 0 Å². The first kappa shape index (κ1) is 16.5. The molecule has 126 valence electrons. The number of nitrogens with zero attached hydrogens (tertiary/aromatic N) is 2. The molecule has 24 heavy (non-hydrogen) atoms. The lowest BCUT2D eigenvalue weighted by Crippen LogP contribution is -2.41. The van der Waals surface area contributed by atoms with E-state index in [9.17, 15) is 9.90 Å². The van der Waals surface area contributed by atoms with Gasteiger partial charge < -0.3 is 9.84 Å². The highest BCUT2D eigenvalue weighted by Gasteiger charge is 2.31. The van der Waals surface area contributed by atoms with Crippen LogP contribution >= 0.6 is 0 Å². The summed E-state index contributed by atoms with van der Waals surface area (Å²) in [5, 5.41) is 9.39. The number of carbonyl (C=O) groups is 1. The Morgan fingerprint density at radius 1 is 1.21 bits per heavy atom. The molecule has 2 aromatic rings. The Labute approximate surface area is 141 Å². The lowest BCUT2D eigenvalue weighted by atomic mass is 9.92. The Morgan fingerprint density at radius 2 is 1.88 bits per heavy atom. The van der Waals surface area contributed by atoms with Gasteiger partial charge in [0.05, 0.1) is 19.1 Å². The Hall–Kier alpha value is -2.40. The maximum atomic E-state index is 11.4. The number of aliphatic carboxylic acids is 1. The van der Waals surface area contributed by atoms with Crippen LogP contribution in [-0.2, 0) is 4.79 Å². The summed E-state index contributed by atoms with van der Waals surface area (Å²) >= 11 is 0. The number of methoxy groups -OCH3 is 1. The third-order valence-corrected chi connectivity index (χ3v) is 4.62. The fraction of sp³-hybridized carbons (Fsp3) is 0.368. The fourth-order valence-electron chi connectivity index (χ4n) is 3.39. The molecule has 5 nitrogen and oxygen atoms in total. The van der Waals surface area contributed by atoms with Gasteiger partial charge in [-0.3, -0.25) is 14.7 Å². The van der Waals surface area contributed by atoms with Crippen molar-refractivity contribution in [1.29, 1.82) is 0 Å². The zero-order chi connectivity index (χ0) is 16.9. The topological polar surface area (TPSA) is 62.7 Å². The molecule has 1 N–H and O–H groups in total. The molecule has 2 atom stereocenters. The van der Waals surface area contributed by atoms with E-state index in [4.69, 9.17) is 4.74 Å². The van der Waals surface area contributed by atoms with Crippen molar-refractivity contribution < 1.29 is 14.6 Å². The Kier molecular flexibility index (Phi) is 5.11. The number of hydrogen-bond acceptors (Lipinski definition) is 4. The second kappa shape index (κ2) is 7.45. The number of hydrogen-bond donors (Lipinski definition) is 1. The maximum absolute atomic E-state index is 11.4. The molecule has 3 rings (SSSR count). The van der Waals surface area contributed by atoms with Crippen LogP contribution in [0, 0.1) is 5.92 Å². The van der Waals surface area contributed by atoms with Gasteiger partial charge in [-0.05, 0) is 54.8 Å². The number of aromatic nitrogens is 1. The van der Waals surface area contributed by atoms with Crippen LogP contribution in [0.2, 0.25) is 0 Å². The molecule has 2 heterocycles. The predicted molar refractivity (Wildman–Crippen MR) is 91.0 cm³/mol. The Bertz CT molecular complexity index is 673. The summed E-state index contributed by atoms with van der Waals surface area (Å²) in [5.41, 5.74) is 2.26. The van der Waals surface area contributed by atoms with E-state index >= 15 is 0 Å². The molecule has 1 aromatic carbocycles. The van der Waals surface area contributed by atoms with Gasteiger partial charge in [0.15, 0.2) is 0 Å². The molecule has 5 heteroatoms. The third-order valence-electron chi connectivity index (χ3n) is 4.62. The minimum atomic E-state index is -0.706. The standard InChI is InChI=1S/C19H22N2O3/c1-24-17-6-4-14(5-7-17)18(15-8-10-20-11-9-15)21-12-2-3-16(13-21)19(22)23/h4-11,16,18H,2-3,12-13H2,1H3,(H,22,23). The largest absolute Gasteiger partial charge is 0.497 e. The summed E-state index contributed by atoms with van der Waals surface area (Å²) in [6.45, 7) is 1.46. The van der Waals surface area contributed by atoms with Gasteiger partial charge >= 0.3 is 5.97 Å². The van der Waals surface area contributed by atoms with Gasteiger partial charge in [-0.1, -0.05) is 12.1 Å². The van der Waals surface area contributed by atoms with Crippen LogP contribution in [0.15, 0.2) is 48.8 Å². The van der Waals surface area contributed by atoms with Gasteiger partial charge in [-0.25, -0.2) is 0 Å². The van der Waals surface area contributed by atoms with Crippen molar-refractivity contribution >= 4 is 5.97 Å². The summed E-state index contributed by atoms with van der Waals surface area (Å²) in [6, 6.07) is 12.0. The molecule has 1 saturated heterocycles. The summed E-state index contributed by atoms with van der Waals surface area (Å²) in [6.07, 6.45) is 5.21. The average molecular weight is 326 g/mol. The predicted octanol–water partition coefficient (Wildman–Crippen LogP) is 2.98. The summed E-state index contributed by atoms with van der Waals surface area (Å²) in [7, 11) is 1.65. The zero-order valence-electron chi connectivity index (χ0n) is 13.8. The molecule has 1 aromatic heterocycles. The monoisotopic (exact) mass is 326 g/mol. The second-order valence-corrected chi connectivity index (χ2v) is 6.13. The average Bonchev–Trinajstić information content (AvgIpc) is 2.64. The normalized spacial score (nSPS) is 19.6. The van der Waals surface area contributed by atoms with Crippen LogP contribution in [0.3, 0.4) is 0 Å². The first-order valence-electron chi connectivity index (χ1n) is 8.20. The van der Waals surface area contributed by atoms with Crippen molar-refractivity contribution in [3.63, 3.8) is 0 Å². The Balaban J connectivity index is 1.94. The highest BCUT2D eigenvalue weighted by Crippen LogP contribution is 2.33. The van der Waals surface area contributed by atoms with Crippen molar-refractivity contribution in [3.05, 3.63) is 59.9 Å². The van der Waals surface area contributed by atoms with Crippen LogP contribution in [0.1, 0.15) is 30.0 Å². The molecule has 1 aliphatic heterocycles. The van der Waals surface area contributed by atoms with Gasteiger partial charge in [0.1, 0.15) is 5.75 Å². The number of carboxylic acid groups (broad SMARTS) is 1. The first-order chi connectivity index (χ1) is 11.7. The van der Waals surface area contributed by atoms with E-state index in [1.807, 2.05) is 36.4 Å². The number of rotatable bonds is 5. The zero-order valence-corrected chi connectivity index (χ0v) is 13.8. The summed E-state index contributed by atoms with van der Waals surface area (Å²) in [5.74, 6) is -0.196. The van der Waals surface area contributed by atoms with E-state index < -0.39 is 5.97 Å². The number of piperidine rings is 1. The van der Waals surface area contributed by atoms with Crippen molar-refractivity contribution in [1.82, 2.24) is 9.88 Å². The number of benzene rings is 1. The molecule has 1 aliphatic rings. The number of ether oxygens (including phenoxy) is 1. The van der Waals surface area contributed by atoms with Crippen LogP contribution in [0.25, 0.3) is 0 Å².